The molecule has 10 nitrogen and oxygen atoms in total. The Morgan fingerprint density at radius 2 is 2.16 bits per heavy atom. The van der Waals surface area contributed by atoms with E-state index < -0.39 is 40.6 Å². The zero-order valence-corrected chi connectivity index (χ0v) is 14.1. The quantitative estimate of drug-likeness (QED) is 0.434. The van der Waals surface area contributed by atoms with Crippen LogP contribution in [-0.4, -0.2) is 51.2 Å². The predicted octanol–water partition coefficient (Wildman–Crippen LogP) is -0.462. The molecule has 2 rings (SSSR count). The second-order valence-corrected chi connectivity index (χ2v) is 7.41. The van der Waals surface area contributed by atoms with Crippen LogP contribution in [0.15, 0.2) is 23.3 Å². The molecule has 134 valence electrons. The molecule has 0 fully saturated rings. The highest BCUT2D eigenvalue weighted by Gasteiger charge is 2.40. The molecule has 1 atom stereocenters. The highest BCUT2D eigenvalue weighted by Crippen LogP contribution is 2.30. The third-order valence-corrected chi connectivity index (χ3v) is 5.07. The van der Waals surface area contributed by atoms with E-state index in [2.05, 4.69) is 15.1 Å². The number of nitrogens with zero attached hydrogens (tertiary/aromatic N) is 1. The van der Waals surface area contributed by atoms with Gasteiger partial charge in [0.2, 0.25) is 15.9 Å². The first-order chi connectivity index (χ1) is 11.8. The number of aromatic carboxylic acids is 1. The average molecular weight is 369 g/mol. The first-order valence-electron chi connectivity index (χ1n) is 7.32. The second kappa shape index (κ2) is 7.61. The van der Waals surface area contributed by atoms with Gasteiger partial charge in [-0.3, -0.25) is 4.79 Å². The van der Waals surface area contributed by atoms with Crippen molar-refractivity contribution in [3.63, 3.8) is 0 Å². The Kier molecular flexibility index (Phi) is 5.75. The monoisotopic (exact) mass is 369 g/mol. The normalized spacial score (nSPS) is 16.5. The van der Waals surface area contributed by atoms with Crippen molar-refractivity contribution in [2.45, 2.75) is 18.8 Å². The molecular formula is C13H16BN3O7S. The smallest absolute Gasteiger partial charge is 0.536 e. The number of hydrogen-bond donors (Lipinski definition) is 3. The Bertz CT molecular complexity index is 799. The second-order valence-electron chi connectivity index (χ2n) is 5.36. The van der Waals surface area contributed by atoms with Crippen LogP contribution in [0.1, 0.15) is 22.3 Å². The van der Waals surface area contributed by atoms with E-state index in [1.807, 2.05) is 0 Å². The van der Waals surface area contributed by atoms with Gasteiger partial charge in [-0.2, -0.15) is 4.91 Å². The van der Waals surface area contributed by atoms with Crippen LogP contribution in [0.25, 0.3) is 0 Å². The molecule has 0 spiro atoms. The Hall–Kier alpha value is -2.47. The highest BCUT2D eigenvalue weighted by molar-refractivity contribution is 7.89. The Morgan fingerprint density at radius 1 is 1.44 bits per heavy atom. The number of amides is 1. The van der Waals surface area contributed by atoms with Gasteiger partial charge in [-0.1, -0.05) is 17.2 Å². The standard InChI is InChI=1S/C13H16BN3O7S/c1-15-25(22,23)6-5-11(18)16-10-7-8-3-2-4-9(13(19)20)12(8)24-14(10)17-21/h2-4,10,15H,5-7H2,1H3,(H,16,18)(H,19,20)/t10-/m0/s1. The van der Waals surface area contributed by atoms with Gasteiger partial charge in [0.05, 0.1) is 17.3 Å². The summed E-state index contributed by atoms with van der Waals surface area (Å²) in [4.78, 5) is 34.2. The van der Waals surface area contributed by atoms with E-state index in [0.29, 0.717) is 5.56 Å². The molecule has 1 aliphatic rings. The third kappa shape index (κ3) is 4.54. The van der Waals surface area contributed by atoms with Crippen LogP contribution >= 0.6 is 0 Å². The highest BCUT2D eigenvalue weighted by atomic mass is 32.2. The van der Waals surface area contributed by atoms with Gasteiger partial charge in [0.15, 0.2) is 0 Å². The molecule has 1 heterocycles. The van der Waals surface area contributed by atoms with E-state index in [0.717, 1.165) is 0 Å². The number of fused-ring (bicyclic) bond motifs is 1. The summed E-state index contributed by atoms with van der Waals surface area (Å²) in [6.45, 7) is 0. The maximum Gasteiger partial charge on any atom is 0.570 e. The molecule has 25 heavy (non-hydrogen) atoms. The molecule has 12 heteroatoms. The van der Waals surface area contributed by atoms with Crippen molar-refractivity contribution in [2.24, 2.45) is 5.09 Å². The number of nitrogens with one attached hydrogen (secondary N) is 2. The summed E-state index contributed by atoms with van der Waals surface area (Å²) in [7, 11) is -3.60. The minimum Gasteiger partial charge on any atom is -0.536 e. The fraction of sp³-hybridized carbons (Fsp3) is 0.385. The molecule has 0 saturated carbocycles. The first kappa shape index (κ1) is 18.9. The van der Waals surface area contributed by atoms with Crippen LogP contribution in [-0.2, 0) is 21.2 Å². The molecule has 0 aliphatic carbocycles. The van der Waals surface area contributed by atoms with E-state index in [-0.39, 0.29) is 24.2 Å². The van der Waals surface area contributed by atoms with Crippen molar-refractivity contribution in [1.82, 2.24) is 10.0 Å². The van der Waals surface area contributed by atoms with Crippen LogP contribution in [0.2, 0.25) is 0 Å². The van der Waals surface area contributed by atoms with Gasteiger partial charge >= 0.3 is 13.0 Å². The van der Waals surface area contributed by atoms with Crippen molar-refractivity contribution in [3.05, 3.63) is 34.2 Å². The zero-order chi connectivity index (χ0) is 18.6. The minimum atomic E-state index is -3.53. The molecule has 0 bridgehead atoms. The molecule has 0 aromatic heterocycles. The lowest BCUT2D eigenvalue weighted by molar-refractivity contribution is -0.121. The summed E-state index contributed by atoms with van der Waals surface area (Å²) in [5, 5.41) is 14.5. The number of carboxylic acids is 1. The maximum absolute atomic E-state index is 11.9. The summed E-state index contributed by atoms with van der Waals surface area (Å²) < 4.78 is 30.1. The number of carbonyl (C=O) groups excluding carboxylic acids is 1. The summed E-state index contributed by atoms with van der Waals surface area (Å²) in [5.74, 6) is -2.97. The van der Waals surface area contributed by atoms with E-state index >= 15 is 0 Å². The van der Waals surface area contributed by atoms with Gasteiger partial charge in [-0.05, 0) is 25.1 Å². The van der Waals surface area contributed by atoms with Crippen LogP contribution < -0.4 is 14.7 Å². The lowest BCUT2D eigenvalue weighted by atomic mass is 9.68. The van der Waals surface area contributed by atoms with Crippen molar-refractivity contribution in [3.8, 4) is 5.75 Å². The van der Waals surface area contributed by atoms with Gasteiger partial charge in [-0.15, -0.1) is 0 Å². The molecule has 0 unspecified atom stereocenters. The van der Waals surface area contributed by atoms with Gasteiger partial charge in [0, 0.05) is 6.42 Å². The van der Waals surface area contributed by atoms with E-state index in [9.17, 15) is 22.9 Å². The summed E-state index contributed by atoms with van der Waals surface area (Å²) in [6, 6.07) is 4.48. The minimum absolute atomic E-state index is 0.0443. The average Bonchev–Trinajstić information content (AvgIpc) is 2.58. The van der Waals surface area contributed by atoms with E-state index in [4.69, 9.17) is 9.76 Å². The number of hydrogen-bond acceptors (Lipinski definition) is 7. The van der Waals surface area contributed by atoms with Crippen LogP contribution in [0.5, 0.6) is 5.75 Å². The molecular weight excluding hydrogens is 353 g/mol. The Labute approximate surface area is 144 Å². The summed E-state index contributed by atoms with van der Waals surface area (Å²) in [5.41, 5.74) is 0.406. The van der Waals surface area contributed by atoms with Crippen molar-refractivity contribution >= 4 is 29.0 Å². The molecule has 0 radical (unpaired) electrons. The number of para-hydroxylation sites is 1. The molecule has 0 saturated heterocycles. The van der Waals surface area contributed by atoms with Gasteiger partial charge in [0.1, 0.15) is 5.75 Å². The van der Waals surface area contributed by atoms with Crippen LogP contribution in [0.3, 0.4) is 0 Å². The van der Waals surface area contributed by atoms with Crippen molar-refractivity contribution in [2.75, 3.05) is 12.8 Å². The SMILES string of the molecule is CNS(=O)(=O)CCC(=O)N[C@H]1Cc2cccc(C(=O)O)c2OB1N=O. The molecule has 1 aromatic carbocycles. The molecule has 1 amide bonds. The van der Waals surface area contributed by atoms with Gasteiger partial charge in [0.25, 0.3) is 0 Å². The van der Waals surface area contributed by atoms with Gasteiger partial charge < -0.3 is 15.1 Å². The Morgan fingerprint density at radius 3 is 2.76 bits per heavy atom. The Balaban J connectivity index is 2.12. The number of carboxylic acid groups (broad SMARTS) is 1. The van der Waals surface area contributed by atoms with E-state index in [1.54, 1.807) is 6.07 Å². The van der Waals surface area contributed by atoms with Crippen LogP contribution in [0, 0.1) is 4.91 Å². The number of rotatable bonds is 7. The van der Waals surface area contributed by atoms with Crippen LogP contribution in [0.4, 0.5) is 0 Å². The number of sulfonamides is 1. The molecule has 1 aliphatic heterocycles. The number of nitroso groups, excluding NO2 is 1. The van der Waals surface area contributed by atoms with E-state index in [1.165, 1.54) is 19.2 Å². The largest absolute Gasteiger partial charge is 0.570 e. The maximum atomic E-state index is 11.9. The number of benzene rings is 1. The summed E-state index contributed by atoms with van der Waals surface area (Å²) in [6.07, 6.45) is -0.162. The fourth-order valence-electron chi connectivity index (χ4n) is 2.42. The third-order valence-electron chi connectivity index (χ3n) is 3.71. The van der Waals surface area contributed by atoms with Gasteiger partial charge in [-0.25, -0.2) is 17.9 Å². The fourth-order valence-corrected chi connectivity index (χ4v) is 3.08. The lowest BCUT2D eigenvalue weighted by Crippen LogP contribution is -2.52. The number of carbonyl (C=O) groups is 2. The zero-order valence-electron chi connectivity index (χ0n) is 13.3. The first-order valence-corrected chi connectivity index (χ1v) is 8.97. The summed E-state index contributed by atoms with van der Waals surface area (Å²) >= 11 is 0. The predicted molar refractivity (Wildman–Crippen MR) is 88.7 cm³/mol. The topological polar surface area (TPSA) is 151 Å². The molecule has 3 N–H and O–H groups in total. The lowest BCUT2D eigenvalue weighted by Gasteiger charge is -2.28. The van der Waals surface area contributed by atoms with Crippen molar-refractivity contribution < 1.29 is 27.8 Å². The van der Waals surface area contributed by atoms with Crippen molar-refractivity contribution in [1.29, 1.82) is 0 Å². The molecule has 1 aromatic rings.